The van der Waals surface area contributed by atoms with Gasteiger partial charge in [0, 0.05) is 33.5 Å². The number of nitrogens with zero attached hydrogens (tertiary/aromatic N) is 1. The van der Waals surface area contributed by atoms with E-state index in [1.54, 1.807) is 6.07 Å². The summed E-state index contributed by atoms with van der Waals surface area (Å²) in [4.78, 5) is 11.1. The van der Waals surface area contributed by atoms with Gasteiger partial charge in [0.05, 0.1) is 4.92 Å². The average molecular weight is 295 g/mol. The molecule has 6 heteroatoms. The number of nitrogen functional groups attached to an aromatic ring is 1. The van der Waals surface area contributed by atoms with Crippen molar-refractivity contribution in [2.75, 3.05) is 5.73 Å². The zero-order valence-corrected chi connectivity index (χ0v) is 11.4. The van der Waals surface area contributed by atoms with Gasteiger partial charge in [0.2, 0.25) is 0 Å². The van der Waals surface area contributed by atoms with Crippen LogP contribution in [-0.4, -0.2) is 4.92 Å². The number of hydrogen-bond acceptors (Lipinski definition) is 4. The number of nitro benzene ring substituents is 1. The SMILES string of the molecule is Nc1cc(SCc2ccc(Cl)cc2)cc([N+](=O)[O-])c1. The molecule has 0 spiro atoms. The Morgan fingerprint density at radius 1 is 1.21 bits per heavy atom. The number of thioether (sulfide) groups is 1. The monoisotopic (exact) mass is 294 g/mol. The van der Waals surface area contributed by atoms with Gasteiger partial charge in [-0.15, -0.1) is 11.8 Å². The molecule has 0 aliphatic heterocycles. The lowest BCUT2D eigenvalue weighted by molar-refractivity contribution is -0.385. The van der Waals surface area contributed by atoms with E-state index in [1.807, 2.05) is 24.3 Å². The summed E-state index contributed by atoms with van der Waals surface area (Å²) in [6.07, 6.45) is 0. The van der Waals surface area contributed by atoms with Crippen molar-refractivity contribution in [2.45, 2.75) is 10.6 Å². The Morgan fingerprint density at radius 3 is 2.53 bits per heavy atom. The van der Waals surface area contributed by atoms with Gasteiger partial charge in [-0.25, -0.2) is 0 Å². The van der Waals surface area contributed by atoms with Crippen LogP contribution in [0, 0.1) is 10.1 Å². The minimum Gasteiger partial charge on any atom is -0.398 e. The standard InChI is InChI=1S/C13H11ClN2O2S/c14-10-3-1-9(2-4-10)8-19-13-6-11(15)5-12(7-13)16(17)18/h1-7H,8,15H2. The molecule has 2 N–H and O–H groups in total. The van der Waals surface area contributed by atoms with Crippen molar-refractivity contribution in [3.63, 3.8) is 0 Å². The fourth-order valence-electron chi connectivity index (χ4n) is 1.54. The highest BCUT2D eigenvalue weighted by Crippen LogP contribution is 2.29. The van der Waals surface area contributed by atoms with Crippen LogP contribution in [0.2, 0.25) is 5.02 Å². The highest BCUT2D eigenvalue weighted by Gasteiger charge is 2.08. The Bertz CT molecular complexity index is 602. The molecule has 0 unspecified atom stereocenters. The fourth-order valence-corrected chi connectivity index (χ4v) is 2.62. The van der Waals surface area contributed by atoms with E-state index >= 15 is 0 Å². The fraction of sp³-hybridized carbons (Fsp3) is 0.0769. The van der Waals surface area contributed by atoms with Gasteiger partial charge in [0.25, 0.3) is 5.69 Å². The Hall–Kier alpha value is -1.72. The van der Waals surface area contributed by atoms with Crippen molar-refractivity contribution < 1.29 is 4.92 Å². The minimum atomic E-state index is -0.442. The van der Waals surface area contributed by atoms with E-state index in [0.29, 0.717) is 16.5 Å². The zero-order valence-electron chi connectivity index (χ0n) is 9.88. The molecular formula is C13H11ClN2O2S. The second-order valence-electron chi connectivity index (χ2n) is 3.93. The largest absolute Gasteiger partial charge is 0.398 e. The molecule has 0 radical (unpaired) electrons. The molecule has 0 heterocycles. The minimum absolute atomic E-state index is 0.0126. The zero-order chi connectivity index (χ0) is 13.8. The summed E-state index contributed by atoms with van der Waals surface area (Å²) in [5, 5.41) is 11.4. The molecule has 2 rings (SSSR count). The smallest absolute Gasteiger partial charge is 0.272 e. The van der Waals surface area contributed by atoms with Crippen LogP contribution in [0.1, 0.15) is 5.56 Å². The van der Waals surface area contributed by atoms with E-state index in [-0.39, 0.29) is 5.69 Å². The van der Waals surface area contributed by atoms with Gasteiger partial charge >= 0.3 is 0 Å². The third kappa shape index (κ3) is 3.87. The van der Waals surface area contributed by atoms with E-state index in [4.69, 9.17) is 17.3 Å². The predicted octanol–water partition coefficient (Wildman–Crippen LogP) is 4.12. The van der Waals surface area contributed by atoms with Crippen molar-refractivity contribution in [1.29, 1.82) is 0 Å². The molecule has 2 aromatic carbocycles. The number of hydrogen-bond donors (Lipinski definition) is 1. The first kappa shape index (κ1) is 13.7. The second kappa shape index (κ2) is 5.95. The first-order valence-electron chi connectivity index (χ1n) is 5.47. The van der Waals surface area contributed by atoms with Crippen LogP contribution in [0.5, 0.6) is 0 Å². The normalized spacial score (nSPS) is 10.4. The van der Waals surface area contributed by atoms with Gasteiger partial charge in [-0.1, -0.05) is 23.7 Å². The van der Waals surface area contributed by atoms with Gasteiger partial charge in [-0.3, -0.25) is 10.1 Å². The summed E-state index contributed by atoms with van der Waals surface area (Å²) in [7, 11) is 0. The summed E-state index contributed by atoms with van der Waals surface area (Å²) in [5.74, 6) is 0.706. The number of benzene rings is 2. The number of non-ortho nitro benzene ring substituents is 1. The van der Waals surface area contributed by atoms with Crippen molar-refractivity contribution >= 4 is 34.7 Å². The number of halogens is 1. The molecule has 0 fully saturated rings. The summed E-state index contributed by atoms with van der Waals surface area (Å²) < 4.78 is 0. The van der Waals surface area contributed by atoms with E-state index in [9.17, 15) is 10.1 Å². The Morgan fingerprint density at radius 2 is 1.89 bits per heavy atom. The molecule has 0 aliphatic carbocycles. The molecule has 2 aromatic rings. The number of nitro groups is 1. The van der Waals surface area contributed by atoms with E-state index < -0.39 is 4.92 Å². The molecular weight excluding hydrogens is 284 g/mol. The third-order valence-corrected chi connectivity index (χ3v) is 3.74. The van der Waals surface area contributed by atoms with E-state index in [2.05, 4.69) is 0 Å². The molecule has 98 valence electrons. The lowest BCUT2D eigenvalue weighted by Gasteiger charge is -2.04. The highest BCUT2D eigenvalue weighted by atomic mass is 35.5. The van der Waals surface area contributed by atoms with Gasteiger partial charge in [0.15, 0.2) is 0 Å². The van der Waals surface area contributed by atoms with E-state index in [0.717, 1.165) is 10.5 Å². The molecule has 0 amide bonds. The van der Waals surface area contributed by atoms with Crippen molar-refractivity contribution in [2.24, 2.45) is 0 Å². The molecule has 19 heavy (non-hydrogen) atoms. The lowest BCUT2D eigenvalue weighted by Crippen LogP contribution is -1.92. The van der Waals surface area contributed by atoms with Gasteiger partial charge in [-0.05, 0) is 23.8 Å². The molecule has 4 nitrogen and oxygen atoms in total. The average Bonchev–Trinajstić information content (AvgIpc) is 2.37. The number of nitrogens with two attached hydrogens (primary N) is 1. The van der Waals surface area contributed by atoms with Crippen LogP contribution in [0.25, 0.3) is 0 Å². The predicted molar refractivity (Wildman–Crippen MR) is 78.5 cm³/mol. The van der Waals surface area contributed by atoms with Crippen LogP contribution in [0.3, 0.4) is 0 Å². The Balaban J connectivity index is 2.11. The lowest BCUT2D eigenvalue weighted by atomic mass is 10.2. The summed E-state index contributed by atoms with van der Waals surface area (Å²) in [5.41, 5.74) is 7.16. The molecule has 0 saturated heterocycles. The van der Waals surface area contributed by atoms with Gasteiger partial charge < -0.3 is 5.73 Å². The summed E-state index contributed by atoms with van der Waals surface area (Å²) in [6.45, 7) is 0. The maximum atomic E-state index is 10.7. The van der Waals surface area contributed by atoms with Crippen molar-refractivity contribution in [3.8, 4) is 0 Å². The summed E-state index contributed by atoms with van der Waals surface area (Å²) in [6, 6.07) is 12.1. The Kier molecular flexibility index (Phi) is 4.29. The van der Waals surface area contributed by atoms with Crippen molar-refractivity contribution in [3.05, 3.63) is 63.2 Å². The molecule has 0 atom stereocenters. The molecule has 0 aromatic heterocycles. The molecule has 0 aliphatic rings. The van der Waals surface area contributed by atoms with Crippen LogP contribution < -0.4 is 5.73 Å². The maximum absolute atomic E-state index is 10.7. The van der Waals surface area contributed by atoms with Gasteiger partial charge in [0.1, 0.15) is 0 Å². The van der Waals surface area contributed by atoms with Crippen LogP contribution in [-0.2, 0) is 5.75 Å². The third-order valence-electron chi connectivity index (χ3n) is 2.44. The maximum Gasteiger partial charge on any atom is 0.272 e. The highest BCUT2D eigenvalue weighted by molar-refractivity contribution is 7.98. The van der Waals surface area contributed by atoms with E-state index in [1.165, 1.54) is 23.9 Å². The number of anilines is 1. The first-order chi connectivity index (χ1) is 9.04. The van der Waals surface area contributed by atoms with Crippen molar-refractivity contribution in [1.82, 2.24) is 0 Å². The summed E-state index contributed by atoms with van der Waals surface area (Å²) >= 11 is 7.30. The second-order valence-corrected chi connectivity index (χ2v) is 5.42. The molecule has 0 saturated carbocycles. The Labute approximate surface area is 119 Å². The van der Waals surface area contributed by atoms with Crippen LogP contribution in [0.4, 0.5) is 11.4 Å². The first-order valence-corrected chi connectivity index (χ1v) is 6.83. The number of rotatable bonds is 4. The van der Waals surface area contributed by atoms with Gasteiger partial charge in [-0.2, -0.15) is 0 Å². The van der Waals surface area contributed by atoms with Crippen LogP contribution in [0.15, 0.2) is 47.4 Å². The molecule has 0 bridgehead atoms. The van der Waals surface area contributed by atoms with Crippen LogP contribution >= 0.6 is 23.4 Å². The topological polar surface area (TPSA) is 69.2 Å². The quantitative estimate of drug-likeness (QED) is 0.398.